The molecule has 22 heavy (non-hydrogen) atoms. The highest BCUT2D eigenvalue weighted by Crippen LogP contribution is 2.42. The van der Waals surface area contributed by atoms with Crippen molar-refractivity contribution in [1.82, 2.24) is 4.98 Å². The van der Waals surface area contributed by atoms with Crippen LogP contribution >= 0.6 is 34.7 Å². The lowest BCUT2D eigenvalue weighted by atomic mass is 10.0. The number of rotatable bonds is 2. The molecule has 3 rings (SSSR count). The van der Waals surface area contributed by atoms with Gasteiger partial charge in [0, 0.05) is 31.8 Å². The molecule has 0 spiro atoms. The summed E-state index contributed by atoms with van der Waals surface area (Å²) in [6.45, 7) is 3.81. The van der Waals surface area contributed by atoms with Crippen LogP contribution in [0.3, 0.4) is 0 Å². The number of hydrogen-bond acceptors (Lipinski definition) is 5. The zero-order chi connectivity index (χ0) is 15.9. The Morgan fingerprint density at radius 2 is 2.23 bits per heavy atom. The number of hydrogen-bond donors (Lipinski definition) is 2. The molecule has 0 saturated carbocycles. The van der Waals surface area contributed by atoms with E-state index in [0.29, 0.717) is 21.3 Å². The Morgan fingerprint density at radius 1 is 1.45 bits per heavy atom. The highest BCUT2D eigenvalue weighted by atomic mass is 35.5. The van der Waals surface area contributed by atoms with Crippen LogP contribution in [0.15, 0.2) is 34.9 Å². The van der Waals surface area contributed by atoms with Gasteiger partial charge in [-0.2, -0.15) is 0 Å². The van der Waals surface area contributed by atoms with E-state index in [1.165, 1.54) is 23.1 Å². The summed E-state index contributed by atoms with van der Waals surface area (Å²) in [5, 5.41) is 14.1. The molecule has 4 nitrogen and oxygen atoms in total. The molecule has 1 aliphatic heterocycles. The van der Waals surface area contributed by atoms with Gasteiger partial charge in [0.25, 0.3) is 5.91 Å². The van der Waals surface area contributed by atoms with Crippen molar-refractivity contribution in [2.75, 3.05) is 5.32 Å². The number of aryl methyl sites for hydroxylation is 1. The Bertz CT molecular complexity index is 786. The molecule has 1 amide bonds. The van der Waals surface area contributed by atoms with E-state index in [-0.39, 0.29) is 16.9 Å². The van der Waals surface area contributed by atoms with Gasteiger partial charge >= 0.3 is 0 Å². The minimum atomic E-state index is -0.336. The molecule has 1 atom stereocenters. The van der Waals surface area contributed by atoms with E-state index in [2.05, 4.69) is 10.3 Å². The van der Waals surface area contributed by atoms with E-state index < -0.39 is 0 Å². The fourth-order valence-corrected chi connectivity index (χ4v) is 4.22. The van der Waals surface area contributed by atoms with E-state index in [0.717, 1.165) is 9.77 Å². The van der Waals surface area contributed by atoms with Crippen LogP contribution in [0.25, 0.3) is 5.76 Å². The topological polar surface area (TPSA) is 62.2 Å². The van der Waals surface area contributed by atoms with Crippen molar-refractivity contribution in [3.05, 3.63) is 45.4 Å². The molecule has 2 heterocycles. The molecule has 114 valence electrons. The monoisotopic (exact) mass is 352 g/mol. The Kier molecular flexibility index (Phi) is 4.16. The van der Waals surface area contributed by atoms with Gasteiger partial charge in [-0.1, -0.05) is 11.6 Å². The van der Waals surface area contributed by atoms with Crippen LogP contribution in [-0.2, 0) is 4.79 Å². The molecular formula is C15H13ClN2O2S2. The van der Waals surface area contributed by atoms with Gasteiger partial charge in [0.15, 0.2) is 5.13 Å². The summed E-state index contributed by atoms with van der Waals surface area (Å²) < 4.78 is 0. The van der Waals surface area contributed by atoms with E-state index in [9.17, 15) is 9.90 Å². The number of carbonyl (C=O) groups is 1. The number of fused-ring (bicyclic) bond motifs is 1. The molecule has 0 bridgehead atoms. The summed E-state index contributed by atoms with van der Waals surface area (Å²) in [5.41, 5.74) is 0.934. The third kappa shape index (κ3) is 2.86. The summed E-state index contributed by atoms with van der Waals surface area (Å²) in [4.78, 5) is 18.5. The Hall–Kier alpha value is -1.50. The van der Waals surface area contributed by atoms with Crippen LogP contribution in [0.2, 0.25) is 5.02 Å². The molecule has 1 unspecified atom stereocenters. The Labute approximate surface area is 141 Å². The minimum Gasteiger partial charge on any atom is -0.507 e. The van der Waals surface area contributed by atoms with Crippen molar-refractivity contribution in [3.8, 4) is 0 Å². The molecule has 1 aliphatic rings. The molecular weight excluding hydrogens is 340 g/mol. The average molecular weight is 353 g/mol. The van der Waals surface area contributed by atoms with Gasteiger partial charge in [0.1, 0.15) is 5.76 Å². The highest BCUT2D eigenvalue weighted by molar-refractivity contribution is 8.00. The Balaban J connectivity index is 1.97. The highest BCUT2D eigenvalue weighted by Gasteiger charge is 2.30. The lowest BCUT2D eigenvalue weighted by molar-refractivity contribution is -0.112. The van der Waals surface area contributed by atoms with Gasteiger partial charge in [0.2, 0.25) is 0 Å². The number of thiazole rings is 1. The predicted molar refractivity (Wildman–Crippen MR) is 91.8 cm³/mol. The number of amides is 1. The maximum atomic E-state index is 12.5. The number of benzene rings is 1. The van der Waals surface area contributed by atoms with E-state index in [1.54, 1.807) is 18.3 Å². The van der Waals surface area contributed by atoms with Crippen molar-refractivity contribution in [2.24, 2.45) is 0 Å². The molecule has 0 aliphatic carbocycles. The van der Waals surface area contributed by atoms with Crippen molar-refractivity contribution < 1.29 is 9.90 Å². The first-order valence-corrected chi connectivity index (χ1v) is 8.66. The maximum absolute atomic E-state index is 12.5. The van der Waals surface area contributed by atoms with E-state index >= 15 is 0 Å². The number of aliphatic hydroxyl groups is 1. The summed E-state index contributed by atoms with van der Waals surface area (Å²) in [7, 11) is 0. The van der Waals surface area contributed by atoms with Crippen LogP contribution < -0.4 is 5.32 Å². The zero-order valence-electron chi connectivity index (χ0n) is 11.9. The van der Waals surface area contributed by atoms with E-state index in [1.807, 2.05) is 19.9 Å². The number of nitrogens with zero attached hydrogens (tertiary/aromatic N) is 1. The first-order valence-electron chi connectivity index (χ1n) is 6.59. The second-order valence-corrected chi connectivity index (χ2v) is 7.95. The van der Waals surface area contributed by atoms with Gasteiger partial charge in [-0.3, -0.25) is 10.1 Å². The number of halogens is 1. The van der Waals surface area contributed by atoms with Crippen LogP contribution in [0.1, 0.15) is 17.4 Å². The van der Waals surface area contributed by atoms with Gasteiger partial charge in [-0.05, 0) is 32.0 Å². The summed E-state index contributed by atoms with van der Waals surface area (Å²) in [6, 6.07) is 5.30. The number of nitrogens with one attached hydrogen (secondary N) is 1. The molecule has 1 aromatic carbocycles. The summed E-state index contributed by atoms with van der Waals surface area (Å²) in [6.07, 6.45) is 1.70. The smallest absolute Gasteiger partial charge is 0.258 e. The summed E-state index contributed by atoms with van der Waals surface area (Å²) >= 11 is 8.90. The van der Waals surface area contributed by atoms with Gasteiger partial charge in [0.05, 0.1) is 5.57 Å². The molecule has 2 N–H and O–H groups in total. The molecule has 7 heteroatoms. The van der Waals surface area contributed by atoms with Crippen molar-refractivity contribution in [3.63, 3.8) is 0 Å². The molecule has 0 radical (unpaired) electrons. The first kappa shape index (κ1) is 15.4. The SMILES string of the molecule is Cc1cnc(NC(=O)C2=C(O)c3cc(Cl)ccc3SC2C)s1. The van der Waals surface area contributed by atoms with Gasteiger partial charge < -0.3 is 5.11 Å². The standard InChI is InChI=1S/C15H13ClN2O2S2/c1-7-6-17-15(21-7)18-14(20)12-8(2)22-11-4-3-9(16)5-10(11)13(12)19/h3-6,8,19H,1-2H3,(H,17,18,20). The quantitative estimate of drug-likeness (QED) is 0.834. The third-order valence-electron chi connectivity index (χ3n) is 3.25. The molecule has 0 fully saturated rings. The first-order chi connectivity index (χ1) is 10.5. The number of aliphatic hydroxyl groups excluding tert-OH is 1. The van der Waals surface area contributed by atoms with E-state index in [4.69, 9.17) is 11.6 Å². The average Bonchev–Trinajstić information content (AvgIpc) is 2.85. The van der Waals surface area contributed by atoms with Crippen LogP contribution in [-0.4, -0.2) is 21.2 Å². The van der Waals surface area contributed by atoms with Gasteiger partial charge in [-0.25, -0.2) is 4.98 Å². The van der Waals surface area contributed by atoms with Crippen LogP contribution in [0, 0.1) is 6.92 Å². The number of thioether (sulfide) groups is 1. The lowest BCUT2D eigenvalue weighted by Crippen LogP contribution is -2.24. The Morgan fingerprint density at radius 3 is 2.91 bits per heavy atom. The predicted octanol–water partition coefficient (Wildman–Crippen LogP) is 4.51. The van der Waals surface area contributed by atoms with Crippen LogP contribution in [0.4, 0.5) is 5.13 Å². The number of anilines is 1. The second kappa shape index (κ2) is 5.95. The van der Waals surface area contributed by atoms with Crippen LogP contribution in [0.5, 0.6) is 0 Å². The molecule has 0 saturated heterocycles. The largest absolute Gasteiger partial charge is 0.507 e. The maximum Gasteiger partial charge on any atom is 0.258 e. The number of carbonyl (C=O) groups excluding carboxylic acids is 1. The minimum absolute atomic E-state index is 0.0190. The molecule has 1 aromatic heterocycles. The zero-order valence-corrected chi connectivity index (χ0v) is 14.3. The molecule has 2 aromatic rings. The third-order valence-corrected chi connectivity index (χ3v) is 5.51. The van der Waals surface area contributed by atoms with Crippen molar-refractivity contribution in [2.45, 2.75) is 24.0 Å². The fourth-order valence-electron chi connectivity index (χ4n) is 2.25. The second-order valence-electron chi connectivity index (χ2n) is 4.89. The number of aromatic nitrogens is 1. The summed E-state index contributed by atoms with van der Waals surface area (Å²) in [5.74, 6) is -0.355. The fraction of sp³-hybridized carbons (Fsp3) is 0.200. The lowest BCUT2D eigenvalue weighted by Gasteiger charge is -2.24. The van der Waals surface area contributed by atoms with Crippen molar-refractivity contribution in [1.29, 1.82) is 0 Å². The normalized spacial score (nSPS) is 17.3. The van der Waals surface area contributed by atoms with Gasteiger partial charge in [-0.15, -0.1) is 23.1 Å². The van der Waals surface area contributed by atoms with Crippen molar-refractivity contribution >= 4 is 51.5 Å².